The van der Waals surface area contributed by atoms with Crippen LogP contribution in [0.1, 0.15) is 19.8 Å². The molecule has 0 amide bonds. The van der Waals surface area contributed by atoms with Crippen molar-refractivity contribution in [2.75, 3.05) is 24.6 Å². The van der Waals surface area contributed by atoms with Gasteiger partial charge in [-0.2, -0.15) is 0 Å². The van der Waals surface area contributed by atoms with Crippen LogP contribution >= 0.6 is 0 Å². The zero-order chi connectivity index (χ0) is 13.0. The highest BCUT2D eigenvalue weighted by Gasteiger charge is 2.29. The summed E-state index contributed by atoms with van der Waals surface area (Å²) < 4.78 is 19.0. The Balaban J connectivity index is 2.19. The fourth-order valence-corrected chi connectivity index (χ4v) is 2.65. The van der Waals surface area contributed by atoms with E-state index in [0.29, 0.717) is 6.54 Å². The number of hydrogen-bond acceptors (Lipinski definition) is 3. The molecule has 2 N–H and O–H groups in total. The van der Waals surface area contributed by atoms with Crippen LogP contribution in [0.25, 0.3) is 0 Å². The Hall–Kier alpha value is -1.13. The molecule has 3 nitrogen and oxygen atoms in total. The van der Waals surface area contributed by atoms with Gasteiger partial charge >= 0.3 is 0 Å². The third kappa shape index (κ3) is 2.82. The Morgan fingerprint density at radius 2 is 2.39 bits per heavy atom. The van der Waals surface area contributed by atoms with Crippen LogP contribution < -0.4 is 10.6 Å². The number of nitrogens with zero attached hydrogens (tertiary/aromatic N) is 1. The smallest absolute Gasteiger partial charge is 0.125 e. The van der Waals surface area contributed by atoms with Crippen molar-refractivity contribution in [2.45, 2.75) is 31.9 Å². The van der Waals surface area contributed by atoms with Gasteiger partial charge in [-0.1, -0.05) is 6.07 Å². The standard InChI is InChI=1S/C14H21FN2O/c1-2-17(12-6-3-5-11(15)9-12)13(10-16)14-7-4-8-18-14/h3,5-6,9,13-14H,2,4,7-8,10,16H2,1H3. The maximum absolute atomic E-state index is 13.3. The van der Waals surface area contributed by atoms with E-state index in [0.717, 1.165) is 31.7 Å². The van der Waals surface area contributed by atoms with Gasteiger partial charge in [-0.3, -0.25) is 0 Å². The predicted octanol–water partition coefficient (Wildman–Crippen LogP) is 2.16. The number of nitrogens with two attached hydrogens (primary N) is 1. The highest BCUT2D eigenvalue weighted by molar-refractivity contribution is 5.47. The van der Waals surface area contributed by atoms with Gasteiger partial charge in [-0.25, -0.2) is 4.39 Å². The average Bonchev–Trinajstić information content (AvgIpc) is 2.89. The number of anilines is 1. The number of rotatable bonds is 5. The Bertz CT molecular complexity index is 380. The summed E-state index contributed by atoms with van der Waals surface area (Å²) in [6, 6.07) is 6.79. The molecule has 1 aliphatic heterocycles. The maximum atomic E-state index is 13.3. The number of hydrogen-bond donors (Lipinski definition) is 1. The summed E-state index contributed by atoms with van der Waals surface area (Å²) in [4.78, 5) is 2.14. The van der Waals surface area contributed by atoms with Crippen LogP contribution in [0.2, 0.25) is 0 Å². The molecule has 0 spiro atoms. The lowest BCUT2D eigenvalue weighted by Crippen LogP contribution is -2.48. The van der Waals surface area contributed by atoms with E-state index in [1.165, 1.54) is 6.07 Å². The molecule has 2 rings (SSSR count). The van der Waals surface area contributed by atoms with Gasteiger partial charge in [0.1, 0.15) is 5.82 Å². The van der Waals surface area contributed by atoms with Crippen molar-refractivity contribution in [3.8, 4) is 0 Å². The van der Waals surface area contributed by atoms with Crippen molar-refractivity contribution >= 4 is 5.69 Å². The van der Waals surface area contributed by atoms with Crippen LogP contribution in [0.3, 0.4) is 0 Å². The first-order valence-corrected chi connectivity index (χ1v) is 6.60. The average molecular weight is 252 g/mol. The molecular formula is C14H21FN2O. The first-order valence-electron chi connectivity index (χ1n) is 6.60. The molecule has 2 unspecified atom stereocenters. The van der Waals surface area contributed by atoms with E-state index in [-0.39, 0.29) is 18.0 Å². The topological polar surface area (TPSA) is 38.5 Å². The fraction of sp³-hybridized carbons (Fsp3) is 0.571. The second-order valence-corrected chi connectivity index (χ2v) is 4.62. The van der Waals surface area contributed by atoms with Gasteiger partial charge in [0.15, 0.2) is 0 Å². The summed E-state index contributed by atoms with van der Waals surface area (Å²) in [5, 5.41) is 0. The van der Waals surface area contributed by atoms with Crippen LogP contribution in [0.5, 0.6) is 0 Å². The molecule has 1 saturated heterocycles. The minimum Gasteiger partial charge on any atom is -0.376 e. The van der Waals surface area contributed by atoms with Crippen molar-refractivity contribution in [3.63, 3.8) is 0 Å². The predicted molar refractivity (Wildman–Crippen MR) is 71.2 cm³/mol. The molecule has 4 heteroatoms. The van der Waals surface area contributed by atoms with E-state index in [4.69, 9.17) is 10.5 Å². The molecule has 0 saturated carbocycles. The lowest BCUT2D eigenvalue weighted by atomic mass is 10.1. The van der Waals surface area contributed by atoms with Crippen molar-refractivity contribution < 1.29 is 9.13 Å². The van der Waals surface area contributed by atoms with Crippen LogP contribution in [0, 0.1) is 5.82 Å². The number of halogens is 1. The Morgan fingerprint density at radius 1 is 1.56 bits per heavy atom. The van der Waals surface area contributed by atoms with Crippen LogP contribution in [0.4, 0.5) is 10.1 Å². The van der Waals surface area contributed by atoms with Gasteiger partial charge in [-0.05, 0) is 38.0 Å². The zero-order valence-electron chi connectivity index (χ0n) is 10.8. The molecular weight excluding hydrogens is 231 g/mol. The van der Waals surface area contributed by atoms with Crippen LogP contribution in [0.15, 0.2) is 24.3 Å². The SMILES string of the molecule is CCN(c1cccc(F)c1)C(CN)C1CCCO1. The zero-order valence-corrected chi connectivity index (χ0v) is 10.8. The van der Waals surface area contributed by atoms with Gasteiger partial charge in [0.25, 0.3) is 0 Å². The highest BCUT2D eigenvalue weighted by Crippen LogP contribution is 2.24. The molecule has 1 heterocycles. The molecule has 18 heavy (non-hydrogen) atoms. The summed E-state index contributed by atoms with van der Waals surface area (Å²) >= 11 is 0. The second-order valence-electron chi connectivity index (χ2n) is 4.62. The monoisotopic (exact) mass is 252 g/mol. The maximum Gasteiger partial charge on any atom is 0.125 e. The largest absolute Gasteiger partial charge is 0.376 e. The summed E-state index contributed by atoms with van der Waals surface area (Å²) in [6.07, 6.45) is 2.29. The molecule has 1 aromatic rings. The van der Waals surface area contributed by atoms with E-state index in [1.807, 2.05) is 6.07 Å². The van der Waals surface area contributed by atoms with Crippen LogP contribution in [-0.4, -0.2) is 31.8 Å². The van der Waals surface area contributed by atoms with Crippen molar-refractivity contribution in [1.29, 1.82) is 0 Å². The van der Waals surface area contributed by atoms with Crippen molar-refractivity contribution in [2.24, 2.45) is 5.73 Å². The minimum absolute atomic E-state index is 0.124. The minimum atomic E-state index is -0.214. The Kier molecular flexibility index (Phi) is 4.55. The van der Waals surface area contributed by atoms with Gasteiger partial charge in [0.2, 0.25) is 0 Å². The molecule has 1 aromatic carbocycles. The number of benzene rings is 1. The third-order valence-corrected chi connectivity index (χ3v) is 3.52. The third-order valence-electron chi connectivity index (χ3n) is 3.52. The van der Waals surface area contributed by atoms with E-state index in [1.54, 1.807) is 12.1 Å². The Morgan fingerprint density at radius 3 is 2.94 bits per heavy atom. The first kappa shape index (κ1) is 13.3. The lowest BCUT2D eigenvalue weighted by molar-refractivity contribution is 0.0895. The first-order chi connectivity index (χ1) is 8.76. The number of likely N-dealkylation sites (N-methyl/N-ethyl adjacent to an activating group) is 1. The molecule has 1 aliphatic rings. The lowest BCUT2D eigenvalue weighted by Gasteiger charge is -2.35. The molecule has 1 fully saturated rings. The second kappa shape index (κ2) is 6.16. The molecule has 0 radical (unpaired) electrons. The summed E-state index contributed by atoms with van der Waals surface area (Å²) in [5.41, 5.74) is 6.77. The quantitative estimate of drug-likeness (QED) is 0.872. The highest BCUT2D eigenvalue weighted by atomic mass is 19.1. The van der Waals surface area contributed by atoms with E-state index in [2.05, 4.69) is 11.8 Å². The molecule has 2 atom stereocenters. The van der Waals surface area contributed by atoms with Gasteiger partial charge in [0, 0.05) is 25.4 Å². The molecule has 100 valence electrons. The summed E-state index contributed by atoms with van der Waals surface area (Å²) in [6.45, 7) is 4.19. The molecule has 0 aromatic heterocycles. The molecule has 0 bridgehead atoms. The van der Waals surface area contributed by atoms with Gasteiger partial charge < -0.3 is 15.4 Å². The Labute approximate surface area is 108 Å². The fourth-order valence-electron chi connectivity index (χ4n) is 2.65. The number of ether oxygens (including phenoxy) is 1. The van der Waals surface area contributed by atoms with Crippen LogP contribution in [-0.2, 0) is 4.74 Å². The van der Waals surface area contributed by atoms with E-state index >= 15 is 0 Å². The van der Waals surface area contributed by atoms with Gasteiger partial charge in [-0.15, -0.1) is 0 Å². The van der Waals surface area contributed by atoms with Gasteiger partial charge in [0.05, 0.1) is 12.1 Å². The summed E-state index contributed by atoms with van der Waals surface area (Å²) in [7, 11) is 0. The van der Waals surface area contributed by atoms with Crippen molar-refractivity contribution in [3.05, 3.63) is 30.1 Å². The summed E-state index contributed by atoms with van der Waals surface area (Å²) in [5.74, 6) is -0.214. The van der Waals surface area contributed by atoms with Crippen molar-refractivity contribution in [1.82, 2.24) is 0 Å². The van der Waals surface area contributed by atoms with E-state index < -0.39 is 0 Å². The van der Waals surface area contributed by atoms with E-state index in [9.17, 15) is 4.39 Å². The normalized spacial score (nSPS) is 20.9. The molecule has 0 aliphatic carbocycles.